The van der Waals surface area contributed by atoms with Gasteiger partial charge in [-0.15, -0.1) is 0 Å². The number of ketones is 1. The Morgan fingerprint density at radius 2 is 2.08 bits per heavy atom. The molecule has 1 N–H and O–H groups in total. The zero-order valence-corrected chi connectivity index (χ0v) is 8.68. The molecule has 0 saturated carbocycles. The highest BCUT2D eigenvalue weighted by molar-refractivity contribution is 5.78. The van der Waals surface area contributed by atoms with E-state index in [1.807, 2.05) is 6.92 Å². The summed E-state index contributed by atoms with van der Waals surface area (Å²) in [4.78, 5) is 13.6. The van der Waals surface area contributed by atoms with Crippen molar-refractivity contribution in [3.63, 3.8) is 0 Å². The van der Waals surface area contributed by atoms with Crippen LogP contribution < -0.4 is 5.32 Å². The lowest BCUT2D eigenvalue weighted by atomic mass is 10.1. The highest BCUT2D eigenvalue weighted by Crippen LogP contribution is 2.06. The number of nitrogens with one attached hydrogen (secondary N) is 1. The van der Waals surface area contributed by atoms with E-state index in [-0.39, 0.29) is 0 Å². The molecule has 1 rings (SSSR count). The Kier molecular flexibility index (Phi) is 4.39. The third-order valence-electron chi connectivity index (χ3n) is 2.69. The molecule has 1 heterocycles. The van der Waals surface area contributed by atoms with Gasteiger partial charge < -0.3 is 5.32 Å². The van der Waals surface area contributed by atoms with Crippen LogP contribution in [-0.4, -0.2) is 42.9 Å². The zero-order chi connectivity index (χ0) is 9.68. The van der Waals surface area contributed by atoms with E-state index in [1.165, 1.54) is 0 Å². The van der Waals surface area contributed by atoms with Gasteiger partial charge in [0.2, 0.25) is 0 Å². The van der Waals surface area contributed by atoms with Gasteiger partial charge in [0.1, 0.15) is 5.78 Å². The molecule has 1 atom stereocenters. The van der Waals surface area contributed by atoms with Crippen LogP contribution >= 0.6 is 0 Å². The van der Waals surface area contributed by atoms with Gasteiger partial charge in [0.25, 0.3) is 0 Å². The summed E-state index contributed by atoms with van der Waals surface area (Å²) in [5, 5.41) is 3.31. The number of Topliss-reactive ketones (excluding diaryl/α,β-unsaturated/α-hetero) is 1. The van der Waals surface area contributed by atoms with Gasteiger partial charge in [-0.25, -0.2) is 0 Å². The number of nitrogens with zero attached hydrogens (tertiary/aromatic N) is 1. The molecule has 0 aromatic carbocycles. The number of rotatable bonds is 4. The Balaban J connectivity index is 2.28. The van der Waals surface area contributed by atoms with E-state index in [0.29, 0.717) is 18.2 Å². The van der Waals surface area contributed by atoms with Gasteiger partial charge in [0, 0.05) is 45.1 Å². The van der Waals surface area contributed by atoms with Crippen molar-refractivity contribution >= 4 is 5.78 Å². The standard InChI is InChI=1S/C10H20N2O/c1-3-10(13)8-9(2)12-6-4-11-5-7-12/h9,11H,3-8H2,1-2H3. The van der Waals surface area contributed by atoms with Crippen molar-refractivity contribution in [2.24, 2.45) is 0 Å². The Bertz CT molecular complexity index is 164. The smallest absolute Gasteiger partial charge is 0.134 e. The molecule has 1 aliphatic rings. The van der Waals surface area contributed by atoms with Crippen LogP contribution in [-0.2, 0) is 4.79 Å². The highest BCUT2D eigenvalue weighted by atomic mass is 16.1. The van der Waals surface area contributed by atoms with Gasteiger partial charge >= 0.3 is 0 Å². The number of hydrogen-bond acceptors (Lipinski definition) is 3. The fourth-order valence-corrected chi connectivity index (χ4v) is 1.73. The molecule has 76 valence electrons. The molecule has 1 aliphatic heterocycles. The molecule has 1 fully saturated rings. The third-order valence-corrected chi connectivity index (χ3v) is 2.69. The minimum absolute atomic E-state index is 0.381. The molecule has 3 nitrogen and oxygen atoms in total. The van der Waals surface area contributed by atoms with Crippen molar-refractivity contribution in [3.05, 3.63) is 0 Å². The third kappa shape index (κ3) is 3.44. The molecule has 0 bridgehead atoms. The van der Waals surface area contributed by atoms with E-state index in [2.05, 4.69) is 17.1 Å². The van der Waals surface area contributed by atoms with Crippen molar-refractivity contribution in [1.29, 1.82) is 0 Å². The van der Waals surface area contributed by atoms with E-state index in [9.17, 15) is 4.79 Å². The summed E-state index contributed by atoms with van der Waals surface area (Å²) >= 11 is 0. The number of hydrogen-bond donors (Lipinski definition) is 1. The maximum absolute atomic E-state index is 11.2. The maximum Gasteiger partial charge on any atom is 0.134 e. The predicted octanol–water partition coefficient (Wildman–Crippen LogP) is 0.649. The summed E-state index contributed by atoms with van der Waals surface area (Å²) < 4.78 is 0. The highest BCUT2D eigenvalue weighted by Gasteiger charge is 2.17. The molecule has 0 spiro atoms. The van der Waals surface area contributed by atoms with Crippen LogP contribution in [0.1, 0.15) is 26.7 Å². The van der Waals surface area contributed by atoms with Crippen LogP contribution in [0.5, 0.6) is 0 Å². The van der Waals surface area contributed by atoms with Crippen molar-refractivity contribution in [3.8, 4) is 0 Å². The average molecular weight is 184 g/mol. The summed E-state index contributed by atoms with van der Waals surface area (Å²) in [6, 6.07) is 0.426. The SMILES string of the molecule is CCC(=O)CC(C)N1CCNCC1. The zero-order valence-electron chi connectivity index (χ0n) is 8.68. The lowest BCUT2D eigenvalue weighted by molar-refractivity contribution is -0.119. The molecule has 0 amide bonds. The maximum atomic E-state index is 11.2. The van der Waals surface area contributed by atoms with Gasteiger partial charge in [-0.1, -0.05) is 6.92 Å². The van der Waals surface area contributed by atoms with Crippen molar-refractivity contribution in [1.82, 2.24) is 10.2 Å². The second-order valence-corrected chi connectivity index (χ2v) is 3.73. The van der Waals surface area contributed by atoms with Crippen LogP contribution in [0.25, 0.3) is 0 Å². The molecule has 13 heavy (non-hydrogen) atoms. The van der Waals surface area contributed by atoms with Crippen molar-refractivity contribution in [2.75, 3.05) is 26.2 Å². The molecule has 0 aromatic heterocycles. The molecule has 0 radical (unpaired) electrons. The van der Waals surface area contributed by atoms with Gasteiger partial charge in [-0.2, -0.15) is 0 Å². The number of piperazine rings is 1. The van der Waals surface area contributed by atoms with Crippen LogP contribution in [0.15, 0.2) is 0 Å². The number of carbonyl (C=O) groups excluding carboxylic acids is 1. The van der Waals surface area contributed by atoms with Crippen LogP contribution in [0.2, 0.25) is 0 Å². The normalized spacial score (nSPS) is 21.4. The van der Waals surface area contributed by atoms with Crippen LogP contribution in [0, 0.1) is 0 Å². The number of carbonyl (C=O) groups is 1. The second kappa shape index (κ2) is 5.35. The van der Waals surface area contributed by atoms with Gasteiger partial charge in [0.05, 0.1) is 0 Å². The Hall–Kier alpha value is -0.410. The van der Waals surface area contributed by atoms with Gasteiger partial charge in [-0.3, -0.25) is 9.69 Å². The average Bonchev–Trinajstić information content (AvgIpc) is 2.19. The van der Waals surface area contributed by atoms with Crippen molar-refractivity contribution in [2.45, 2.75) is 32.7 Å². The van der Waals surface area contributed by atoms with E-state index < -0.39 is 0 Å². The summed E-state index contributed by atoms with van der Waals surface area (Å²) in [6.07, 6.45) is 1.40. The van der Waals surface area contributed by atoms with E-state index in [0.717, 1.165) is 32.6 Å². The first-order valence-electron chi connectivity index (χ1n) is 5.20. The molecule has 1 unspecified atom stereocenters. The Morgan fingerprint density at radius 1 is 1.46 bits per heavy atom. The summed E-state index contributed by atoms with van der Waals surface area (Å²) in [5.74, 6) is 0.381. The minimum atomic E-state index is 0.381. The molecule has 1 saturated heterocycles. The van der Waals surface area contributed by atoms with Crippen molar-refractivity contribution < 1.29 is 4.79 Å². The Labute approximate surface area is 80.5 Å². The summed E-state index contributed by atoms with van der Waals surface area (Å²) in [5.41, 5.74) is 0. The van der Waals surface area contributed by atoms with E-state index >= 15 is 0 Å². The quantitative estimate of drug-likeness (QED) is 0.696. The predicted molar refractivity (Wildman–Crippen MR) is 53.8 cm³/mol. The minimum Gasteiger partial charge on any atom is -0.314 e. The first-order valence-corrected chi connectivity index (χ1v) is 5.20. The lowest BCUT2D eigenvalue weighted by Crippen LogP contribution is -2.47. The fraction of sp³-hybridized carbons (Fsp3) is 0.900. The molecule has 0 aliphatic carbocycles. The monoisotopic (exact) mass is 184 g/mol. The molecular weight excluding hydrogens is 164 g/mol. The fourth-order valence-electron chi connectivity index (χ4n) is 1.73. The lowest BCUT2D eigenvalue weighted by Gasteiger charge is -2.32. The Morgan fingerprint density at radius 3 is 2.62 bits per heavy atom. The largest absolute Gasteiger partial charge is 0.314 e. The summed E-state index contributed by atoms with van der Waals surface area (Å²) in [7, 11) is 0. The summed E-state index contributed by atoms with van der Waals surface area (Å²) in [6.45, 7) is 8.37. The molecule has 3 heteroatoms. The second-order valence-electron chi connectivity index (χ2n) is 3.73. The molecule has 0 aromatic rings. The topological polar surface area (TPSA) is 32.3 Å². The van der Waals surface area contributed by atoms with Crippen LogP contribution in [0.3, 0.4) is 0 Å². The molecular formula is C10H20N2O. The first-order chi connectivity index (χ1) is 6.24. The van der Waals surface area contributed by atoms with Gasteiger partial charge in [0.15, 0.2) is 0 Å². The van der Waals surface area contributed by atoms with E-state index in [1.54, 1.807) is 0 Å². The first kappa shape index (κ1) is 10.7. The van der Waals surface area contributed by atoms with E-state index in [4.69, 9.17) is 0 Å². The van der Waals surface area contributed by atoms with Crippen LogP contribution in [0.4, 0.5) is 0 Å². The van der Waals surface area contributed by atoms with Gasteiger partial charge in [-0.05, 0) is 6.92 Å².